The molecule has 5 aliphatic rings. The molecule has 2 aliphatic carbocycles. The maximum atomic E-state index is 13.6. The van der Waals surface area contributed by atoms with Crippen LogP contribution in [0.25, 0.3) is 0 Å². The number of rotatable bonds is 12. The van der Waals surface area contributed by atoms with E-state index in [1.807, 2.05) is 38.1 Å². The van der Waals surface area contributed by atoms with E-state index in [9.17, 15) is 29.2 Å². The summed E-state index contributed by atoms with van der Waals surface area (Å²) in [6.07, 6.45) is 3.94. The Morgan fingerprint density at radius 2 is 1.51 bits per heavy atom. The number of imide groups is 2. The lowest BCUT2D eigenvalue weighted by molar-refractivity contribution is -0.164. The van der Waals surface area contributed by atoms with E-state index in [1.165, 1.54) is 0 Å². The normalized spacial score (nSPS) is 25.3. The van der Waals surface area contributed by atoms with E-state index in [4.69, 9.17) is 9.47 Å². The number of hydrogen-bond acceptors (Lipinski definition) is 10. The molecule has 3 aromatic carbocycles. The molecular weight excluding hydrogens is 797 g/mol. The standard InChI is InChI=1S/C50H60N6O7/c1-28(2)55(34-23-37(24-34)62-35-13-14-38-39(25-35)46(61)56(45(38)60)41-15-16-42(57)52-44(41)59)27-31-17-19-54(20-18-31)33-11-9-32(10-12-33)43(58)53-47-49(5,6)48(50(47,7)8)63-36-21-29(3)40(26-51)30(4)22-36/h9-14,21-22,25,28,31,34,37,41,47-48H,15-20,23-24,27H2,1-8H3,(H,53,58)(H,52,57,59). The Kier molecular flexibility index (Phi) is 11.7. The summed E-state index contributed by atoms with van der Waals surface area (Å²) in [6, 6.07) is 18.7. The Labute approximate surface area is 370 Å². The van der Waals surface area contributed by atoms with E-state index in [0.29, 0.717) is 34.9 Å². The minimum absolute atomic E-state index is 0.00823. The van der Waals surface area contributed by atoms with Gasteiger partial charge in [0.25, 0.3) is 17.7 Å². The maximum Gasteiger partial charge on any atom is 0.262 e. The molecule has 63 heavy (non-hydrogen) atoms. The first-order valence-corrected chi connectivity index (χ1v) is 22.5. The van der Waals surface area contributed by atoms with Crippen LogP contribution in [0.4, 0.5) is 5.69 Å². The Morgan fingerprint density at radius 3 is 2.11 bits per heavy atom. The second-order valence-electron chi connectivity index (χ2n) is 19.9. The second-order valence-corrected chi connectivity index (χ2v) is 19.9. The number of nitriles is 1. The number of fused-ring (bicyclic) bond motifs is 1. The minimum Gasteiger partial charge on any atom is -0.490 e. The van der Waals surface area contributed by atoms with Crippen molar-refractivity contribution in [2.75, 3.05) is 24.5 Å². The highest BCUT2D eigenvalue weighted by Gasteiger charge is 2.64. The predicted molar refractivity (Wildman–Crippen MR) is 238 cm³/mol. The monoisotopic (exact) mass is 856 g/mol. The number of aryl methyl sites for hydroxylation is 2. The molecule has 0 aromatic heterocycles. The number of nitrogens with one attached hydrogen (secondary N) is 2. The van der Waals surface area contributed by atoms with Crippen molar-refractivity contribution < 1.29 is 33.4 Å². The number of hydrogen-bond donors (Lipinski definition) is 2. The highest BCUT2D eigenvalue weighted by atomic mass is 16.5. The van der Waals surface area contributed by atoms with Gasteiger partial charge in [0.05, 0.1) is 22.8 Å². The summed E-state index contributed by atoms with van der Waals surface area (Å²) in [5.74, 6) is -0.353. The fourth-order valence-corrected chi connectivity index (χ4v) is 11.2. The molecular formula is C50H60N6O7. The lowest BCUT2D eigenvalue weighted by atomic mass is 9.49. The molecule has 0 radical (unpaired) electrons. The van der Waals surface area contributed by atoms with Gasteiger partial charge in [0.1, 0.15) is 29.7 Å². The average molecular weight is 857 g/mol. The molecule has 5 amide bonds. The zero-order valence-corrected chi connectivity index (χ0v) is 37.7. The number of carbonyl (C=O) groups excluding carboxylic acids is 5. The van der Waals surface area contributed by atoms with Gasteiger partial charge < -0.3 is 19.7 Å². The van der Waals surface area contributed by atoms with Gasteiger partial charge in [-0.3, -0.25) is 39.1 Å². The van der Waals surface area contributed by atoms with Crippen molar-refractivity contribution in [1.29, 1.82) is 5.26 Å². The van der Waals surface area contributed by atoms with Crippen LogP contribution in [0.1, 0.15) is 128 Å². The Bertz CT molecular complexity index is 2330. The molecule has 13 heteroatoms. The highest BCUT2D eigenvalue weighted by Crippen LogP contribution is 2.55. The molecule has 3 heterocycles. The van der Waals surface area contributed by atoms with E-state index in [0.717, 1.165) is 72.8 Å². The molecule has 2 saturated heterocycles. The first-order valence-electron chi connectivity index (χ1n) is 22.5. The SMILES string of the molecule is Cc1cc(OC2C(C)(C)C(NC(=O)c3ccc(N4CCC(CN(C(C)C)C5CC(Oc6ccc7c(c6)C(=O)N(C6CCC(=O)NC6=O)C7=O)C5)CC4)cc3)C2(C)C)cc(C)c1C#N. The molecule has 8 rings (SSSR count). The van der Waals surface area contributed by atoms with Gasteiger partial charge in [0.15, 0.2) is 0 Å². The molecule has 13 nitrogen and oxygen atoms in total. The number of benzene rings is 3. The summed E-state index contributed by atoms with van der Waals surface area (Å²) in [5.41, 5.74) is 4.05. The topological polar surface area (TPSA) is 161 Å². The number of carbonyl (C=O) groups is 5. The van der Waals surface area contributed by atoms with Crippen LogP contribution in [-0.2, 0) is 9.59 Å². The van der Waals surface area contributed by atoms with Crippen LogP contribution in [0.15, 0.2) is 54.6 Å². The lowest BCUT2D eigenvalue weighted by Gasteiger charge is -2.63. The van der Waals surface area contributed by atoms with Crippen LogP contribution in [0.2, 0.25) is 0 Å². The Hall–Kier alpha value is -5.74. The average Bonchev–Trinajstić information content (AvgIpc) is 3.47. The molecule has 332 valence electrons. The van der Waals surface area contributed by atoms with E-state index in [-0.39, 0.29) is 59.0 Å². The molecule has 0 bridgehead atoms. The molecule has 0 spiro atoms. The lowest BCUT2D eigenvalue weighted by Crippen LogP contribution is -2.74. The number of ether oxygens (including phenoxy) is 2. The van der Waals surface area contributed by atoms with Crippen LogP contribution >= 0.6 is 0 Å². The van der Waals surface area contributed by atoms with E-state index in [2.05, 4.69) is 80.2 Å². The van der Waals surface area contributed by atoms with Gasteiger partial charge in [-0.2, -0.15) is 5.26 Å². The fourth-order valence-electron chi connectivity index (χ4n) is 11.2. The van der Waals surface area contributed by atoms with Crippen molar-refractivity contribution in [2.45, 2.75) is 130 Å². The van der Waals surface area contributed by atoms with Crippen LogP contribution in [-0.4, -0.2) is 95.3 Å². The molecule has 1 atom stereocenters. The quantitative estimate of drug-likeness (QED) is 0.187. The largest absolute Gasteiger partial charge is 0.490 e. The first-order chi connectivity index (χ1) is 29.9. The summed E-state index contributed by atoms with van der Waals surface area (Å²) < 4.78 is 12.9. The van der Waals surface area contributed by atoms with Crippen molar-refractivity contribution in [3.63, 3.8) is 0 Å². The third kappa shape index (κ3) is 8.18. The van der Waals surface area contributed by atoms with Crippen molar-refractivity contribution in [3.8, 4) is 17.6 Å². The van der Waals surface area contributed by atoms with E-state index < -0.39 is 29.7 Å². The smallest absolute Gasteiger partial charge is 0.262 e. The molecule has 4 fully saturated rings. The Balaban J connectivity index is 0.797. The molecule has 3 aliphatic heterocycles. The fraction of sp³-hybridized carbons (Fsp3) is 0.520. The van der Waals surface area contributed by atoms with E-state index in [1.54, 1.807) is 18.2 Å². The summed E-state index contributed by atoms with van der Waals surface area (Å²) in [6.45, 7) is 19.8. The van der Waals surface area contributed by atoms with Gasteiger partial charge in [-0.05, 0) is 119 Å². The molecule has 2 saturated carbocycles. The first kappa shape index (κ1) is 43.9. The van der Waals surface area contributed by atoms with Crippen LogP contribution < -0.4 is 25.0 Å². The van der Waals surface area contributed by atoms with Crippen LogP contribution in [0, 0.1) is 41.9 Å². The third-order valence-electron chi connectivity index (χ3n) is 14.5. The van der Waals surface area contributed by atoms with Gasteiger partial charge >= 0.3 is 0 Å². The third-order valence-corrected chi connectivity index (χ3v) is 14.5. The van der Waals surface area contributed by atoms with Gasteiger partial charge in [-0.25, -0.2) is 0 Å². The molecule has 3 aromatic rings. The predicted octanol–water partition coefficient (Wildman–Crippen LogP) is 6.73. The Morgan fingerprint density at radius 1 is 0.873 bits per heavy atom. The maximum absolute atomic E-state index is 13.6. The molecule has 1 unspecified atom stereocenters. The van der Waals surface area contributed by atoms with Crippen LogP contribution in [0.3, 0.4) is 0 Å². The van der Waals surface area contributed by atoms with Crippen molar-refractivity contribution in [2.24, 2.45) is 16.7 Å². The number of piperidine rings is 2. The van der Waals surface area contributed by atoms with Gasteiger partial charge in [0, 0.05) is 79.1 Å². The minimum atomic E-state index is -1.000. The summed E-state index contributed by atoms with van der Waals surface area (Å²) in [4.78, 5) is 70.1. The second kappa shape index (κ2) is 16.8. The van der Waals surface area contributed by atoms with Crippen molar-refractivity contribution in [1.82, 2.24) is 20.4 Å². The summed E-state index contributed by atoms with van der Waals surface area (Å²) in [7, 11) is 0. The zero-order valence-electron chi connectivity index (χ0n) is 37.7. The van der Waals surface area contributed by atoms with Crippen molar-refractivity contribution in [3.05, 3.63) is 88.0 Å². The summed E-state index contributed by atoms with van der Waals surface area (Å²) >= 11 is 0. The highest BCUT2D eigenvalue weighted by molar-refractivity contribution is 6.23. The number of anilines is 1. The number of amides is 5. The van der Waals surface area contributed by atoms with Crippen molar-refractivity contribution >= 4 is 35.2 Å². The van der Waals surface area contributed by atoms with Crippen LogP contribution in [0.5, 0.6) is 11.5 Å². The molecule has 2 N–H and O–H groups in total. The zero-order chi connectivity index (χ0) is 45.1. The summed E-state index contributed by atoms with van der Waals surface area (Å²) in [5, 5.41) is 15.1. The van der Waals surface area contributed by atoms with Gasteiger partial charge in [-0.1, -0.05) is 27.7 Å². The van der Waals surface area contributed by atoms with Gasteiger partial charge in [-0.15, -0.1) is 0 Å². The van der Waals surface area contributed by atoms with Gasteiger partial charge in [0.2, 0.25) is 11.8 Å². The number of nitrogens with zero attached hydrogens (tertiary/aromatic N) is 4. The van der Waals surface area contributed by atoms with E-state index >= 15 is 0 Å².